The van der Waals surface area contributed by atoms with Crippen molar-refractivity contribution in [3.05, 3.63) is 0 Å². The highest BCUT2D eigenvalue weighted by Gasteiger charge is 1.75. The molecule has 0 aromatic carbocycles. The predicted octanol–water partition coefficient (Wildman–Crippen LogP) is -1.56. The maximum Gasteiger partial charge on any atom is 0.302 e. The summed E-state index contributed by atoms with van der Waals surface area (Å²) in [4.78, 5) is 9.59. The van der Waals surface area contributed by atoms with E-state index in [0.29, 0.717) is 0 Å². The van der Waals surface area contributed by atoms with Gasteiger partial charge in [-0.1, -0.05) is 0 Å². The highest BCUT2D eigenvalue weighted by Crippen LogP contribution is 1.60. The smallest absolute Gasteiger partial charge is 0.302 e. The Morgan fingerprint density at radius 3 is 1.71 bits per heavy atom. The molecule has 0 atom stereocenters. The number of rotatable bonds is 0. The van der Waals surface area contributed by atoms with E-state index in [1.54, 1.807) is 0 Å². The summed E-state index contributed by atoms with van der Waals surface area (Å²) in [6.45, 7) is 1.36. The van der Waals surface area contributed by atoms with Crippen LogP contribution in [0.5, 0.6) is 0 Å². The zero-order chi connectivity index (χ0) is 4.28. The van der Waals surface area contributed by atoms with Crippen LogP contribution in [0.15, 0.2) is 0 Å². The summed E-state index contributed by atoms with van der Waals surface area (Å²) in [6.07, 6.45) is 0. The first kappa shape index (κ1) is 15.8. The summed E-state index contributed by atoms with van der Waals surface area (Å²) in [6, 6.07) is 0. The Balaban J connectivity index is -0.0000000800. The van der Waals surface area contributed by atoms with Gasteiger partial charge in [-0.3, -0.25) is 4.79 Å². The fraction of sp³-hybridized carbons (Fsp3) is 0.667. The molecule has 0 aliphatic heterocycles. The van der Waals surface area contributed by atoms with Crippen molar-refractivity contribution >= 4 is 23.3 Å². The number of methoxy groups -OCH3 is 1. The fourth-order valence-electron chi connectivity index (χ4n) is 0. The van der Waals surface area contributed by atoms with Gasteiger partial charge in [0.05, 0.1) is 7.11 Å². The predicted molar refractivity (Wildman–Crippen MR) is 29.8 cm³/mol. The standard InChI is InChI=1S/C3H6O2.Al.H2O.2H/c1-3(4)5-2;;;;/h1-2H3;;1H2;;. The van der Waals surface area contributed by atoms with E-state index in [1.807, 2.05) is 0 Å². The molecule has 0 aromatic heterocycles. The van der Waals surface area contributed by atoms with Gasteiger partial charge in [0, 0.05) is 6.92 Å². The van der Waals surface area contributed by atoms with Gasteiger partial charge in [-0.2, -0.15) is 0 Å². The summed E-state index contributed by atoms with van der Waals surface area (Å²) < 4.78 is 4.11. The van der Waals surface area contributed by atoms with Gasteiger partial charge < -0.3 is 10.2 Å². The molecule has 0 aromatic rings. The van der Waals surface area contributed by atoms with Gasteiger partial charge >= 0.3 is 5.97 Å². The average molecular weight is 121 g/mol. The molecule has 43 valence electrons. The topological polar surface area (TPSA) is 57.8 Å². The summed E-state index contributed by atoms with van der Waals surface area (Å²) in [5.41, 5.74) is 0. The van der Waals surface area contributed by atoms with Crippen LogP contribution >= 0.6 is 0 Å². The van der Waals surface area contributed by atoms with E-state index in [-0.39, 0.29) is 28.8 Å². The molecule has 0 saturated heterocycles. The zero-order valence-electron chi connectivity index (χ0n) is 4.82. The van der Waals surface area contributed by atoms with E-state index in [2.05, 4.69) is 4.74 Å². The van der Waals surface area contributed by atoms with Crippen molar-refractivity contribution in [2.75, 3.05) is 7.11 Å². The fourth-order valence-corrected chi connectivity index (χ4v) is 0. The van der Waals surface area contributed by atoms with Gasteiger partial charge in [-0.15, -0.1) is 0 Å². The molecule has 0 aliphatic rings. The van der Waals surface area contributed by atoms with Crippen LogP contribution in [-0.4, -0.2) is 35.9 Å². The third-order valence-electron chi connectivity index (χ3n) is 0.287. The Bertz CT molecular complexity index is 45.4. The second-order valence-electron chi connectivity index (χ2n) is 0.696. The Kier molecular flexibility index (Phi) is 21.1. The molecule has 3 nitrogen and oxygen atoms in total. The van der Waals surface area contributed by atoms with Gasteiger partial charge in [0.2, 0.25) is 0 Å². The molecular formula is C3H10AlO3. The molecule has 1 radical (unpaired) electrons. The first-order valence-electron chi connectivity index (χ1n) is 1.32. The van der Waals surface area contributed by atoms with Crippen LogP contribution in [-0.2, 0) is 9.53 Å². The first-order chi connectivity index (χ1) is 2.27. The lowest BCUT2D eigenvalue weighted by molar-refractivity contribution is -0.137. The summed E-state index contributed by atoms with van der Waals surface area (Å²) in [5.74, 6) is -0.245. The van der Waals surface area contributed by atoms with E-state index >= 15 is 0 Å². The number of carbonyl (C=O) groups excluding carboxylic acids is 1. The third-order valence-corrected chi connectivity index (χ3v) is 0.287. The Hall–Kier alpha value is -0.0375. The number of hydrogen-bond acceptors (Lipinski definition) is 2. The molecule has 0 bridgehead atoms. The average Bonchev–Trinajstić information content (AvgIpc) is 1.38. The monoisotopic (exact) mass is 121 g/mol. The number of carbonyl (C=O) groups is 1. The molecular weight excluding hydrogens is 111 g/mol. The van der Waals surface area contributed by atoms with Gasteiger partial charge in [-0.25, -0.2) is 0 Å². The normalized spacial score (nSPS) is 4.86. The second-order valence-corrected chi connectivity index (χ2v) is 0.696. The lowest BCUT2D eigenvalue weighted by Crippen LogP contribution is -1.88. The molecule has 0 fully saturated rings. The number of ether oxygens (including phenoxy) is 1. The van der Waals surface area contributed by atoms with E-state index < -0.39 is 0 Å². The number of esters is 1. The Morgan fingerprint density at radius 2 is 1.71 bits per heavy atom. The second kappa shape index (κ2) is 9.35. The SMILES string of the molecule is COC(C)=O.O.[AlH2]. The van der Waals surface area contributed by atoms with Crippen LogP contribution in [0.25, 0.3) is 0 Å². The molecule has 4 heteroatoms. The molecule has 0 spiro atoms. The molecule has 0 aliphatic carbocycles. The number of hydrogen-bond donors (Lipinski definition) is 0. The molecule has 7 heavy (non-hydrogen) atoms. The van der Waals surface area contributed by atoms with Crippen LogP contribution in [0.2, 0.25) is 0 Å². The van der Waals surface area contributed by atoms with Crippen LogP contribution < -0.4 is 0 Å². The van der Waals surface area contributed by atoms with Crippen molar-refractivity contribution in [2.24, 2.45) is 0 Å². The summed E-state index contributed by atoms with van der Waals surface area (Å²) in [7, 11) is 1.35. The van der Waals surface area contributed by atoms with Crippen molar-refractivity contribution in [3.8, 4) is 0 Å². The van der Waals surface area contributed by atoms with Crippen molar-refractivity contribution in [1.29, 1.82) is 0 Å². The zero-order valence-corrected chi connectivity index (χ0v) is 6.82. The Labute approximate surface area is 53.1 Å². The Morgan fingerprint density at radius 1 is 1.57 bits per heavy atom. The van der Waals surface area contributed by atoms with Crippen LogP contribution in [0.1, 0.15) is 6.92 Å². The molecule has 0 amide bonds. The van der Waals surface area contributed by atoms with E-state index in [9.17, 15) is 4.79 Å². The minimum absolute atomic E-state index is 0. The maximum atomic E-state index is 9.59. The van der Waals surface area contributed by atoms with Crippen molar-refractivity contribution in [2.45, 2.75) is 6.92 Å². The quantitative estimate of drug-likeness (QED) is 0.287. The van der Waals surface area contributed by atoms with Crippen LogP contribution in [0, 0.1) is 0 Å². The largest absolute Gasteiger partial charge is 0.469 e. The molecule has 0 rings (SSSR count). The van der Waals surface area contributed by atoms with Crippen LogP contribution in [0.3, 0.4) is 0 Å². The minimum Gasteiger partial charge on any atom is -0.469 e. The van der Waals surface area contributed by atoms with Crippen molar-refractivity contribution < 1.29 is 15.0 Å². The van der Waals surface area contributed by atoms with Gasteiger partial charge in [0.25, 0.3) is 0 Å². The molecule has 2 N–H and O–H groups in total. The highest BCUT2D eigenvalue weighted by atomic mass is 27.0. The summed E-state index contributed by atoms with van der Waals surface area (Å²) in [5, 5.41) is 0. The molecule has 0 saturated carbocycles. The highest BCUT2D eigenvalue weighted by molar-refractivity contribution is 5.75. The van der Waals surface area contributed by atoms with Gasteiger partial charge in [0.1, 0.15) is 17.4 Å². The van der Waals surface area contributed by atoms with Crippen molar-refractivity contribution in [1.82, 2.24) is 0 Å². The first-order valence-corrected chi connectivity index (χ1v) is 1.32. The summed E-state index contributed by atoms with van der Waals surface area (Å²) >= 11 is 0. The maximum absolute atomic E-state index is 9.59. The van der Waals surface area contributed by atoms with Gasteiger partial charge in [-0.05, 0) is 0 Å². The van der Waals surface area contributed by atoms with Crippen molar-refractivity contribution in [3.63, 3.8) is 0 Å². The van der Waals surface area contributed by atoms with Crippen LogP contribution in [0.4, 0.5) is 0 Å². The van der Waals surface area contributed by atoms with E-state index in [4.69, 9.17) is 0 Å². The third kappa shape index (κ3) is 24.3. The van der Waals surface area contributed by atoms with E-state index in [0.717, 1.165) is 0 Å². The molecule has 0 unspecified atom stereocenters. The minimum atomic E-state index is -0.245. The van der Waals surface area contributed by atoms with E-state index in [1.165, 1.54) is 14.0 Å². The lowest BCUT2D eigenvalue weighted by atomic mass is 10.8. The lowest BCUT2D eigenvalue weighted by Gasteiger charge is -1.80. The van der Waals surface area contributed by atoms with Gasteiger partial charge in [0.15, 0.2) is 0 Å². The molecule has 0 heterocycles.